The third-order valence-corrected chi connectivity index (χ3v) is 9.98. The van der Waals surface area contributed by atoms with Gasteiger partial charge in [-0.3, -0.25) is 9.69 Å². The third kappa shape index (κ3) is 3.10. The summed E-state index contributed by atoms with van der Waals surface area (Å²) in [6.07, 6.45) is 4.94. The molecule has 2 atom stereocenters. The van der Waals surface area contributed by atoms with Crippen molar-refractivity contribution < 1.29 is 9.53 Å². The fourth-order valence-electron chi connectivity index (χ4n) is 7.21. The molecule has 3 aliphatic heterocycles. The predicted molar refractivity (Wildman–Crippen MR) is 138 cm³/mol. The number of thiophene rings is 1. The summed E-state index contributed by atoms with van der Waals surface area (Å²) >= 11 is 1.41. The van der Waals surface area contributed by atoms with Crippen molar-refractivity contribution in [2.75, 3.05) is 31.2 Å². The van der Waals surface area contributed by atoms with Crippen LogP contribution >= 0.6 is 11.3 Å². The Bertz CT molecular complexity index is 1380. The fourth-order valence-corrected chi connectivity index (χ4v) is 8.17. The summed E-state index contributed by atoms with van der Waals surface area (Å²) in [5, 5.41) is 9.33. The normalized spacial score (nSPS) is 27.6. The Balaban J connectivity index is 1.24. The molecule has 2 aromatic heterocycles. The molecule has 0 spiro atoms. The molecule has 2 bridgehead atoms. The van der Waals surface area contributed by atoms with Crippen LogP contribution in [0.5, 0.6) is 0 Å². The van der Waals surface area contributed by atoms with Gasteiger partial charge in [-0.05, 0) is 55.5 Å². The summed E-state index contributed by atoms with van der Waals surface area (Å²) in [6.45, 7) is 8.27. The Morgan fingerprint density at radius 2 is 1.86 bits per heavy atom. The second-order valence-corrected chi connectivity index (χ2v) is 12.1. The van der Waals surface area contributed by atoms with Crippen molar-refractivity contribution in [3.8, 4) is 6.07 Å². The molecule has 0 amide bonds. The average molecular weight is 487 g/mol. The van der Waals surface area contributed by atoms with Crippen molar-refractivity contribution >= 4 is 33.0 Å². The van der Waals surface area contributed by atoms with Crippen LogP contribution in [0.1, 0.15) is 71.6 Å². The van der Waals surface area contributed by atoms with E-state index in [1.807, 2.05) is 6.07 Å². The number of carbonyl (C=O) groups is 1. The maximum absolute atomic E-state index is 13.7. The molecule has 2 unspecified atom stereocenters. The number of hydrogen-bond donors (Lipinski definition) is 1. The quantitative estimate of drug-likeness (QED) is 0.563. The number of nitriles is 1. The van der Waals surface area contributed by atoms with Gasteiger partial charge in [0.2, 0.25) is 0 Å². The highest BCUT2D eigenvalue weighted by molar-refractivity contribution is 7.20. The molecule has 6 nitrogen and oxygen atoms in total. The van der Waals surface area contributed by atoms with Gasteiger partial charge in [0.15, 0.2) is 5.78 Å². The number of carbonyl (C=O) groups excluding carboxylic acids is 1. The van der Waals surface area contributed by atoms with E-state index in [9.17, 15) is 10.1 Å². The number of benzene rings is 1. The summed E-state index contributed by atoms with van der Waals surface area (Å²) < 4.78 is 6.50. The lowest BCUT2D eigenvalue weighted by Gasteiger charge is -2.45. The van der Waals surface area contributed by atoms with E-state index in [1.165, 1.54) is 42.7 Å². The third-order valence-electron chi connectivity index (χ3n) is 8.92. The largest absolute Gasteiger partial charge is 0.379 e. The molecular formula is C28H30N4O2S. The number of piperidine rings is 1. The Kier molecular flexibility index (Phi) is 4.73. The zero-order chi connectivity index (χ0) is 23.9. The first kappa shape index (κ1) is 21.6. The number of aromatic nitrogens is 1. The molecular weight excluding hydrogens is 456 g/mol. The van der Waals surface area contributed by atoms with Crippen LogP contribution in [0.3, 0.4) is 0 Å². The highest BCUT2D eigenvalue weighted by atomic mass is 32.1. The van der Waals surface area contributed by atoms with Gasteiger partial charge in [-0.1, -0.05) is 13.8 Å². The number of anilines is 1. The number of rotatable bonds is 2. The molecule has 1 aromatic carbocycles. The second kappa shape index (κ2) is 7.67. The molecule has 3 aromatic rings. The number of ether oxygens (including phenoxy) is 1. The van der Waals surface area contributed by atoms with Gasteiger partial charge >= 0.3 is 0 Å². The van der Waals surface area contributed by atoms with Crippen molar-refractivity contribution in [3.63, 3.8) is 0 Å². The van der Waals surface area contributed by atoms with E-state index >= 15 is 0 Å². The Hall–Kier alpha value is -2.66. The van der Waals surface area contributed by atoms with E-state index < -0.39 is 0 Å². The Labute approximate surface area is 209 Å². The van der Waals surface area contributed by atoms with Gasteiger partial charge in [-0.15, -0.1) is 11.3 Å². The van der Waals surface area contributed by atoms with E-state index in [2.05, 4.69) is 52.9 Å². The van der Waals surface area contributed by atoms with Crippen molar-refractivity contribution in [1.82, 2.24) is 9.88 Å². The van der Waals surface area contributed by atoms with Crippen molar-refractivity contribution in [2.24, 2.45) is 0 Å². The van der Waals surface area contributed by atoms with Gasteiger partial charge in [0.1, 0.15) is 10.9 Å². The van der Waals surface area contributed by atoms with Crippen LogP contribution < -0.4 is 4.90 Å². The maximum atomic E-state index is 13.7. The Morgan fingerprint density at radius 1 is 1.11 bits per heavy atom. The van der Waals surface area contributed by atoms with Crippen molar-refractivity contribution in [3.05, 3.63) is 51.5 Å². The number of fused-ring (bicyclic) bond motifs is 6. The smallest absolute Gasteiger partial charge is 0.196 e. The van der Waals surface area contributed by atoms with Gasteiger partial charge in [0, 0.05) is 53.6 Å². The van der Waals surface area contributed by atoms with Gasteiger partial charge in [-0.2, -0.15) is 5.26 Å². The van der Waals surface area contributed by atoms with E-state index in [-0.39, 0.29) is 11.2 Å². The monoisotopic (exact) mass is 486 g/mol. The van der Waals surface area contributed by atoms with E-state index in [0.717, 1.165) is 58.9 Å². The van der Waals surface area contributed by atoms with Crippen LogP contribution in [-0.4, -0.2) is 60.1 Å². The lowest BCUT2D eigenvalue weighted by molar-refractivity contribution is 0.00793. The molecule has 3 fully saturated rings. The van der Waals surface area contributed by atoms with E-state index in [0.29, 0.717) is 23.0 Å². The van der Waals surface area contributed by atoms with Crippen molar-refractivity contribution in [1.29, 1.82) is 5.26 Å². The number of ketones is 1. The lowest BCUT2D eigenvalue weighted by Crippen LogP contribution is -2.53. The molecule has 180 valence electrons. The summed E-state index contributed by atoms with van der Waals surface area (Å²) in [6, 6.07) is 12.4. The zero-order valence-electron chi connectivity index (χ0n) is 20.3. The first-order valence-corrected chi connectivity index (χ1v) is 13.6. The molecule has 5 heterocycles. The van der Waals surface area contributed by atoms with Crippen LogP contribution in [0.2, 0.25) is 0 Å². The van der Waals surface area contributed by atoms with Crippen LogP contribution in [0.15, 0.2) is 24.3 Å². The summed E-state index contributed by atoms with van der Waals surface area (Å²) in [5.74, 6) is 0.0764. The summed E-state index contributed by atoms with van der Waals surface area (Å²) in [4.78, 5) is 23.2. The molecule has 1 N–H and O–H groups in total. The standard InChI is InChI=1S/C28H30N4O2S/c1-28(2)22-13-18(32-16-3-4-17(32)12-19(11-16)31-7-9-34-10-8-31)5-6-21(22)25(33)24-26-23(30-27(24)28)14-20(15-29)35-26/h5-6,13-14,16-17,19,30H,3-4,7-12H2,1-2H3. The highest BCUT2D eigenvalue weighted by Gasteiger charge is 2.45. The second-order valence-electron chi connectivity index (χ2n) is 11.1. The highest BCUT2D eigenvalue weighted by Crippen LogP contribution is 2.48. The predicted octanol–water partition coefficient (Wildman–Crippen LogP) is 4.80. The van der Waals surface area contributed by atoms with Crippen LogP contribution in [0.4, 0.5) is 5.69 Å². The van der Waals surface area contributed by atoms with Gasteiger partial charge < -0.3 is 14.6 Å². The fraction of sp³-hybridized carbons (Fsp3) is 0.500. The molecule has 1 aliphatic carbocycles. The minimum absolute atomic E-state index is 0.0764. The number of hydrogen-bond acceptors (Lipinski definition) is 6. The molecule has 0 radical (unpaired) electrons. The van der Waals surface area contributed by atoms with Crippen molar-refractivity contribution in [2.45, 2.75) is 63.1 Å². The molecule has 35 heavy (non-hydrogen) atoms. The minimum Gasteiger partial charge on any atom is -0.379 e. The number of nitrogens with one attached hydrogen (secondary N) is 1. The average Bonchev–Trinajstić information content (AvgIpc) is 3.52. The molecule has 3 saturated heterocycles. The summed E-state index contributed by atoms with van der Waals surface area (Å²) in [5.41, 5.74) is 5.49. The maximum Gasteiger partial charge on any atom is 0.196 e. The number of morpholine rings is 1. The first-order valence-electron chi connectivity index (χ1n) is 12.8. The lowest BCUT2D eigenvalue weighted by atomic mass is 9.71. The van der Waals surface area contributed by atoms with Gasteiger partial charge in [-0.25, -0.2) is 0 Å². The molecule has 7 rings (SSSR count). The summed E-state index contributed by atoms with van der Waals surface area (Å²) in [7, 11) is 0. The van der Waals surface area contributed by atoms with Crippen LogP contribution in [0, 0.1) is 11.3 Å². The molecule has 7 heteroatoms. The van der Waals surface area contributed by atoms with Crippen LogP contribution in [0.25, 0.3) is 10.2 Å². The van der Waals surface area contributed by atoms with E-state index in [4.69, 9.17) is 4.74 Å². The van der Waals surface area contributed by atoms with E-state index in [1.54, 1.807) is 0 Å². The van der Waals surface area contributed by atoms with Gasteiger partial charge in [0.05, 0.1) is 29.0 Å². The number of nitrogens with zero attached hydrogens (tertiary/aromatic N) is 3. The zero-order valence-corrected chi connectivity index (χ0v) is 21.1. The topological polar surface area (TPSA) is 72.4 Å². The SMILES string of the molecule is CC1(C)c2cc(N3C4CCC3CC(N3CCOCC3)C4)ccc2C(=O)c2c1[nH]c1cc(C#N)sc21. The molecule has 0 saturated carbocycles. The Morgan fingerprint density at radius 3 is 2.57 bits per heavy atom. The number of aromatic amines is 1. The molecule has 4 aliphatic rings. The van der Waals surface area contributed by atoms with Gasteiger partial charge in [0.25, 0.3) is 0 Å². The number of H-pyrrole nitrogens is 1. The minimum atomic E-state index is -0.314. The van der Waals surface area contributed by atoms with Crippen LogP contribution in [-0.2, 0) is 10.2 Å². The first-order chi connectivity index (χ1) is 17.0.